The summed E-state index contributed by atoms with van der Waals surface area (Å²) in [4.78, 5) is 22.3. The fourth-order valence-corrected chi connectivity index (χ4v) is 2.85. The van der Waals surface area contributed by atoms with Gasteiger partial charge in [-0.1, -0.05) is 0 Å². The van der Waals surface area contributed by atoms with Crippen molar-refractivity contribution < 1.29 is 9.53 Å². The van der Waals surface area contributed by atoms with Crippen molar-refractivity contribution in [2.75, 3.05) is 12.8 Å². The first-order valence-corrected chi connectivity index (χ1v) is 7.97. The van der Waals surface area contributed by atoms with E-state index in [4.69, 9.17) is 16.3 Å². The lowest BCUT2D eigenvalue weighted by molar-refractivity contribution is 0.0220. The molecule has 20 heavy (non-hydrogen) atoms. The van der Waals surface area contributed by atoms with E-state index in [1.54, 1.807) is 4.90 Å². The van der Waals surface area contributed by atoms with Gasteiger partial charge < -0.3 is 9.64 Å². The van der Waals surface area contributed by atoms with Crippen LogP contribution >= 0.6 is 23.4 Å². The first kappa shape index (κ1) is 15.4. The normalized spacial score (nSPS) is 14.9. The molecular formula is C13H18ClN3O2S. The molecule has 0 atom stereocenters. The zero-order valence-corrected chi connectivity index (χ0v) is 13.6. The molecule has 0 saturated heterocycles. The van der Waals surface area contributed by atoms with Crippen molar-refractivity contribution in [2.45, 2.75) is 44.4 Å². The van der Waals surface area contributed by atoms with Gasteiger partial charge in [0.2, 0.25) is 5.28 Å². The molecule has 2 heterocycles. The lowest BCUT2D eigenvalue weighted by Crippen LogP contribution is -2.40. The predicted molar refractivity (Wildman–Crippen MR) is 79.2 cm³/mol. The topological polar surface area (TPSA) is 55.3 Å². The molecule has 5 nitrogen and oxygen atoms in total. The molecule has 0 fully saturated rings. The fraction of sp³-hybridized carbons (Fsp3) is 0.615. The number of carbonyl (C=O) groups is 1. The van der Waals surface area contributed by atoms with Crippen LogP contribution < -0.4 is 0 Å². The molecule has 2 rings (SSSR count). The van der Waals surface area contributed by atoms with Gasteiger partial charge in [0, 0.05) is 18.5 Å². The monoisotopic (exact) mass is 315 g/mol. The first-order valence-electron chi connectivity index (χ1n) is 6.37. The Labute approximate surface area is 128 Å². The van der Waals surface area contributed by atoms with Crippen LogP contribution in [0.3, 0.4) is 0 Å². The Bertz CT molecular complexity index is 514. The van der Waals surface area contributed by atoms with E-state index >= 15 is 0 Å². The number of nitrogens with zero attached hydrogens (tertiary/aromatic N) is 3. The van der Waals surface area contributed by atoms with E-state index in [-0.39, 0.29) is 11.4 Å². The lowest BCUT2D eigenvalue weighted by atomic mass is 10.1. The predicted octanol–water partition coefficient (Wildman–Crippen LogP) is 3.15. The van der Waals surface area contributed by atoms with Crippen LogP contribution in [0.4, 0.5) is 4.79 Å². The number of thioether (sulfide) groups is 1. The third kappa shape index (κ3) is 3.55. The zero-order chi connectivity index (χ0) is 14.9. The van der Waals surface area contributed by atoms with Crippen LogP contribution in [-0.4, -0.2) is 39.4 Å². The summed E-state index contributed by atoms with van der Waals surface area (Å²) in [5.74, 6) is 0. The van der Waals surface area contributed by atoms with E-state index in [1.165, 1.54) is 11.8 Å². The molecule has 1 aliphatic rings. The molecule has 0 saturated carbocycles. The summed E-state index contributed by atoms with van der Waals surface area (Å²) in [6.45, 7) is 6.64. The largest absolute Gasteiger partial charge is 0.444 e. The second kappa shape index (κ2) is 5.77. The Morgan fingerprint density at radius 2 is 2.10 bits per heavy atom. The maximum Gasteiger partial charge on any atom is 0.410 e. The van der Waals surface area contributed by atoms with Crippen LogP contribution in [0.25, 0.3) is 0 Å². The minimum Gasteiger partial charge on any atom is -0.444 e. The van der Waals surface area contributed by atoms with Crippen molar-refractivity contribution in [2.24, 2.45) is 0 Å². The van der Waals surface area contributed by atoms with Crippen LogP contribution in [-0.2, 0) is 17.7 Å². The molecule has 1 aliphatic heterocycles. The van der Waals surface area contributed by atoms with Crippen molar-refractivity contribution in [3.8, 4) is 0 Å². The molecule has 7 heteroatoms. The summed E-state index contributed by atoms with van der Waals surface area (Å²) >= 11 is 7.42. The SMILES string of the molecule is CSc1nc(Cl)nc2c1CN(C(=O)OC(C)(C)C)CC2. The Kier molecular flexibility index (Phi) is 4.44. The lowest BCUT2D eigenvalue weighted by Gasteiger charge is -2.31. The highest BCUT2D eigenvalue weighted by molar-refractivity contribution is 7.98. The maximum atomic E-state index is 12.1. The molecule has 0 aliphatic carbocycles. The summed E-state index contributed by atoms with van der Waals surface area (Å²) < 4.78 is 5.40. The van der Waals surface area contributed by atoms with Gasteiger partial charge in [-0.3, -0.25) is 0 Å². The number of hydrogen-bond donors (Lipinski definition) is 0. The van der Waals surface area contributed by atoms with Crippen molar-refractivity contribution in [1.82, 2.24) is 14.9 Å². The van der Waals surface area contributed by atoms with Crippen LogP contribution in [0.1, 0.15) is 32.0 Å². The Morgan fingerprint density at radius 3 is 2.70 bits per heavy atom. The van der Waals surface area contributed by atoms with Crippen molar-refractivity contribution in [3.63, 3.8) is 0 Å². The maximum absolute atomic E-state index is 12.1. The summed E-state index contributed by atoms with van der Waals surface area (Å²) in [6, 6.07) is 0. The van der Waals surface area contributed by atoms with Gasteiger partial charge in [0.05, 0.1) is 12.2 Å². The molecule has 1 amide bonds. The van der Waals surface area contributed by atoms with E-state index in [1.807, 2.05) is 27.0 Å². The van der Waals surface area contributed by atoms with Gasteiger partial charge in [-0.05, 0) is 38.6 Å². The number of carbonyl (C=O) groups excluding carboxylic acids is 1. The summed E-state index contributed by atoms with van der Waals surface area (Å²) in [5, 5.41) is 1.09. The molecule has 0 spiro atoms. The van der Waals surface area contributed by atoms with Crippen molar-refractivity contribution >= 4 is 29.5 Å². The van der Waals surface area contributed by atoms with E-state index in [2.05, 4.69) is 9.97 Å². The second-order valence-corrected chi connectivity index (χ2v) is 6.71. The first-order chi connectivity index (χ1) is 9.30. The molecule has 110 valence electrons. The van der Waals surface area contributed by atoms with Gasteiger partial charge in [-0.2, -0.15) is 0 Å². The van der Waals surface area contributed by atoms with Crippen LogP contribution in [0.15, 0.2) is 5.03 Å². The fourth-order valence-electron chi connectivity index (χ4n) is 2.01. The summed E-state index contributed by atoms with van der Waals surface area (Å²) in [6.07, 6.45) is 2.31. The van der Waals surface area contributed by atoms with E-state index in [0.29, 0.717) is 19.5 Å². The van der Waals surface area contributed by atoms with Gasteiger partial charge >= 0.3 is 6.09 Å². The van der Waals surface area contributed by atoms with Crippen LogP contribution in [0.2, 0.25) is 5.28 Å². The highest BCUT2D eigenvalue weighted by atomic mass is 35.5. The van der Waals surface area contributed by atoms with E-state index in [0.717, 1.165) is 16.3 Å². The number of aromatic nitrogens is 2. The molecule has 0 radical (unpaired) electrons. The number of rotatable bonds is 1. The molecule has 1 aromatic heterocycles. The molecule has 0 aromatic carbocycles. The molecular weight excluding hydrogens is 298 g/mol. The standard InChI is InChI=1S/C13H18ClN3O2S/c1-13(2,3)19-12(18)17-6-5-9-8(7-17)10(20-4)16-11(14)15-9/h5-7H2,1-4H3. The smallest absolute Gasteiger partial charge is 0.410 e. The highest BCUT2D eigenvalue weighted by Crippen LogP contribution is 2.28. The van der Waals surface area contributed by atoms with Crippen molar-refractivity contribution in [1.29, 1.82) is 0 Å². The second-order valence-electron chi connectivity index (χ2n) is 5.58. The van der Waals surface area contributed by atoms with E-state index < -0.39 is 5.60 Å². The van der Waals surface area contributed by atoms with Crippen molar-refractivity contribution in [3.05, 3.63) is 16.5 Å². The van der Waals surface area contributed by atoms with E-state index in [9.17, 15) is 4.79 Å². The molecule has 0 unspecified atom stereocenters. The number of ether oxygens (including phenoxy) is 1. The number of halogens is 1. The minimum atomic E-state index is -0.490. The average molecular weight is 316 g/mol. The zero-order valence-electron chi connectivity index (χ0n) is 12.1. The van der Waals surface area contributed by atoms with Gasteiger partial charge in [0.25, 0.3) is 0 Å². The third-order valence-corrected chi connectivity index (χ3v) is 3.73. The Balaban J connectivity index is 2.20. The van der Waals surface area contributed by atoms with Gasteiger partial charge in [0.15, 0.2) is 0 Å². The van der Waals surface area contributed by atoms with Crippen LogP contribution in [0.5, 0.6) is 0 Å². The number of fused-ring (bicyclic) bond motifs is 1. The molecule has 0 N–H and O–H groups in total. The highest BCUT2D eigenvalue weighted by Gasteiger charge is 2.28. The number of hydrogen-bond acceptors (Lipinski definition) is 5. The molecule has 1 aromatic rings. The van der Waals surface area contributed by atoms with Gasteiger partial charge in [-0.25, -0.2) is 14.8 Å². The Hall–Kier alpha value is -1.01. The third-order valence-electron chi connectivity index (χ3n) is 2.84. The average Bonchev–Trinajstić information content (AvgIpc) is 2.35. The number of amides is 1. The Morgan fingerprint density at radius 1 is 1.40 bits per heavy atom. The quantitative estimate of drug-likeness (QED) is 0.453. The van der Waals surface area contributed by atoms with Gasteiger partial charge in [-0.15, -0.1) is 11.8 Å². The minimum absolute atomic E-state index is 0.263. The molecule has 0 bridgehead atoms. The summed E-state index contributed by atoms with van der Waals surface area (Å²) in [5.41, 5.74) is 1.41. The summed E-state index contributed by atoms with van der Waals surface area (Å²) in [7, 11) is 0. The van der Waals surface area contributed by atoms with Gasteiger partial charge in [0.1, 0.15) is 10.6 Å². The van der Waals surface area contributed by atoms with Crippen LogP contribution in [0, 0.1) is 0 Å².